The lowest BCUT2D eigenvalue weighted by Crippen LogP contribution is -2.54. The molecule has 0 aliphatic carbocycles. The van der Waals surface area contributed by atoms with Gasteiger partial charge >= 0.3 is 0 Å². The SMILES string of the molecule is CC(C(=O)N1CCCC1)N1CCN(CCN)CC1.Cl.Cl. The van der Waals surface area contributed by atoms with Crippen molar-refractivity contribution in [2.24, 2.45) is 5.73 Å². The van der Waals surface area contributed by atoms with E-state index in [4.69, 9.17) is 5.73 Å². The van der Waals surface area contributed by atoms with Crippen molar-refractivity contribution < 1.29 is 4.79 Å². The Balaban J connectivity index is 0.00000180. The van der Waals surface area contributed by atoms with E-state index in [1.54, 1.807) is 0 Å². The first-order valence-electron chi connectivity index (χ1n) is 7.17. The number of rotatable bonds is 4. The van der Waals surface area contributed by atoms with Crippen LogP contribution in [0, 0.1) is 0 Å². The maximum atomic E-state index is 12.3. The summed E-state index contributed by atoms with van der Waals surface area (Å²) in [6, 6.07) is 0.0446. The molecule has 2 N–H and O–H groups in total. The minimum absolute atomic E-state index is 0. The standard InChI is InChI=1S/C13H26N4O.2ClH/c1-12(13(18)17-5-2-3-6-17)16-10-8-15(7-4-14)9-11-16;;/h12H,2-11,14H2,1H3;2*1H. The zero-order valence-corrected chi connectivity index (χ0v) is 13.9. The topological polar surface area (TPSA) is 52.8 Å². The molecule has 20 heavy (non-hydrogen) atoms. The first-order chi connectivity index (χ1) is 8.72. The third-order valence-corrected chi connectivity index (χ3v) is 4.18. The third kappa shape index (κ3) is 5.04. The van der Waals surface area contributed by atoms with Gasteiger partial charge < -0.3 is 10.6 Å². The van der Waals surface area contributed by atoms with Crippen LogP contribution in [-0.4, -0.2) is 79.0 Å². The summed E-state index contributed by atoms with van der Waals surface area (Å²) in [6.45, 7) is 9.71. The lowest BCUT2D eigenvalue weighted by atomic mass is 10.2. The molecule has 2 fully saturated rings. The van der Waals surface area contributed by atoms with E-state index in [1.165, 1.54) is 12.8 Å². The summed E-state index contributed by atoms with van der Waals surface area (Å²) in [5.41, 5.74) is 5.57. The zero-order chi connectivity index (χ0) is 13.0. The predicted molar refractivity (Wildman–Crippen MR) is 86.8 cm³/mol. The molecule has 2 saturated heterocycles. The largest absolute Gasteiger partial charge is 0.341 e. The van der Waals surface area contributed by atoms with Crippen molar-refractivity contribution in [3.8, 4) is 0 Å². The van der Waals surface area contributed by atoms with E-state index in [0.717, 1.165) is 52.4 Å². The van der Waals surface area contributed by atoms with E-state index in [9.17, 15) is 4.79 Å². The van der Waals surface area contributed by atoms with Crippen LogP contribution in [0.15, 0.2) is 0 Å². The monoisotopic (exact) mass is 326 g/mol. The van der Waals surface area contributed by atoms with Crippen molar-refractivity contribution in [1.29, 1.82) is 0 Å². The van der Waals surface area contributed by atoms with Crippen LogP contribution in [0.1, 0.15) is 19.8 Å². The molecular weight excluding hydrogens is 299 g/mol. The average Bonchev–Trinajstić information content (AvgIpc) is 2.92. The highest BCUT2D eigenvalue weighted by molar-refractivity contribution is 5.85. The molecule has 0 aromatic carbocycles. The Kier molecular flexibility index (Phi) is 9.76. The first kappa shape index (κ1) is 19.9. The number of amides is 1. The normalized spacial score (nSPS) is 22.0. The molecule has 1 unspecified atom stereocenters. The average molecular weight is 327 g/mol. The van der Waals surface area contributed by atoms with Gasteiger partial charge in [0.1, 0.15) is 0 Å². The number of hydrogen-bond acceptors (Lipinski definition) is 4. The van der Waals surface area contributed by atoms with Crippen LogP contribution in [0.25, 0.3) is 0 Å². The summed E-state index contributed by atoms with van der Waals surface area (Å²) in [7, 11) is 0. The lowest BCUT2D eigenvalue weighted by molar-refractivity contribution is -0.136. The molecule has 2 aliphatic heterocycles. The Labute approximate surface area is 134 Å². The number of likely N-dealkylation sites (tertiary alicyclic amines) is 1. The molecule has 5 nitrogen and oxygen atoms in total. The zero-order valence-electron chi connectivity index (χ0n) is 12.3. The van der Waals surface area contributed by atoms with Crippen LogP contribution < -0.4 is 5.73 Å². The van der Waals surface area contributed by atoms with Crippen molar-refractivity contribution in [2.45, 2.75) is 25.8 Å². The highest BCUT2D eigenvalue weighted by atomic mass is 35.5. The van der Waals surface area contributed by atoms with Gasteiger partial charge in [-0.2, -0.15) is 0 Å². The van der Waals surface area contributed by atoms with Crippen molar-refractivity contribution in [2.75, 3.05) is 52.4 Å². The maximum Gasteiger partial charge on any atom is 0.239 e. The van der Waals surface area contributed by atoms with Gasteiger partial charge in [-0.1, -0.05) is 0 Å². The van der Waals surface area contributed by atoms with Crippen LogP contribution in [0.5, 0.6) is 0 Å². The van der Waals surface area contributed by atoms with E-state index in [-0.39, 0.29) is 30.9 Å². The molecule has 1 amide bonds. The second kappa shape index (κ2) is 9.79. The molecular formula is C13H28Cl2N4O. The smallest absolute Gasteiger partial charge is 0.239 e. The molecule has 0 bridgehead atoms. The Morgan fingerprint density at radius 1 is 1.05 bits per heavy atom. The van der Waals surface area contributed by atoms with Gasteiger partial charge in [-0.05, 0) is 19.8 Å². The Morgan fingerprint density at radius 2 is 1.60 bits per heavy atom. The van der Waals surface area contributed by atoms with Gasteiger partial charge in [-0.15, -0.1) is 24.8 Å². The molecule has 2 rings (SSSR count). The van der Waals surface area contributed by atoms with Crippen molar-refractivity contribution in [3.05, 3.63) is 0 Å². The molecule has 2 aliphatic rings. The number of nitrogens with two attached hydrogens (primary N) is 1. The van der Waals surface area contributed by atoms with Crippen LogP contribution in [-0.2, 0) is 4.79 Å². The number of hydrogen-bond donors (Lipinski definition) is 1. The van der Waals surface area contributed by atoms with Crippen LogP contribution >= 0.6 is 24.8 Å². The van der Waals surface area contributed by atoms with Gasteiger partial charge in [0.2, 0.25) is 5.91 Å². The fourth-order valence-electron chi connectivity index (χ4n) is 2.91. The molecule has 0 aromatic heterocycles. The van der Waals surface area contributed by atoms with Gasteiger partial charge in [0.15, 0.2) is 0 Å². The quantitative estimate of drug-likeness (QED) is 0.813. The Morgan fingerprint density at radius 3 is 2.10 bits per heavy atom. The number of carbonyl (C=O) groups is 1. The van der Waals surface area contributed by atoms with Gasteiger partial charge in [-0.25, -0.2) is 0 Å². The minimum atomic E-state index is 0. The van der Waals surface area contributed by atoms with E-state index in [1.807, 2.05) is 4.90 Å². The Bertz CT molecular complexity index is 280. The summed E-state index contributed by atoms with van der Waals surface area (Å²) < 4.78 is 0. The molecule has 120 valence electrons. The van der Waals surface area contributed by atoms with Crippen LogP contribution in [0.2, 0.25) is 0 Å². The minimum Gasteiger partial charge on any atom is -0.341 e. The fourth-order valence-corrected chi connectivity index (χ4v) is 2.91. The van der Waals surface area contributed by atoms with E-state index in [0.29, 0.717) is 5.91 Å². The molecule has 1 atom stereocenters. The summed E-state index contributed by atoms with van der Waals surface area (Å²) in [6.07, 6.45) is 2.34. The summed E-state index contributed by atoms with van der Waals surface area (Å²) in [5.74, 6) is 0.319. The van der Waals surface area contributed by atoms with Gasteiger partial charge in [0.25, 0.3) is 0 Å². The highest BCUT2D eigenvalue weighted by Gasteiger charge is 2.29. The van der Waals surface area contributed by atoms with Gasteiger partial charge in [0.05, 0.1) is 6.04 Å². The van der Waals surface area contributed by atoms with E-state index in [2.05, 4.69) is 16.7 Å². The van der Waals surface area contributed by atoms with Gasteiger partial charge in [-0.3, -0.25) is 14.6 Å². The summed E-state index contributed by atoms with van der Waals surface area (Å²) in [5, 5.41) is 0. The van der Waals surface area contributed by atoms with Gasteiger partial charge in [0, 0.05) is 52.4 Å². The second-order valence-corrected chi connectivity index (χ2v) is 5.37. The second-order valence-electron chi connectivity index (χ2n) is 5.37. The molecule has 2 heterocycles. The summed E-state index contributed by atoms with van der Waals surface area (Å²) >= 11 is 0. The number of nitrogens with zero attached hydrogens (tertiary/aromatic N) is 3. The fraction of sp³-hybridized carbons (Fsp3) is 0.923. The molecule has 0 spiro atoms. The maximum absolute atomic E-state index is 12.3. The van der Waals surface area contributed by atoms with Crippen molar-refractivity contribution in [1.82, 2.24) is 14.7 Å². The van der Waals surface area contributed by atoms with Crippen molar-refractivity contribution >= 4 is 30.7 Å². The van der Waals surface area contributed by atoms with E-state index >= 15 is 0 Å². The Hall–Kier alpha value is -0.0700. The lowest BCUT2D eigenvalue weighted by Gasteiger charge is -2.38. The predicted octanol–water partition coefficient (Wildman–Crippen LogP) is 0.417. The molecule has 0 radical (unpaired) electrons. The molecule has 0 aromatic rings. The van der Waals surface area contributed by atoms with Crippen molar-refractivity contribution in [3.63, 3.8) is 0 Å². The third-order valence-electron chi connectivity index (χ3n) is 4.18. The van der Waals surface area contributed by atoms with Crippen LogP contribution in [0.4, 0.5) is 0 Å². The summed E-state index contributed by atoms with van der Waals surface area (Å²) in [4.78, 5) is 19.0. The molecule has 7 heteroatoms. The highest BCUT2D eigenvalue weighted by Crippen LogP contribution is 2.13. The first-order valence-corrected chi connectivity index (χ1v) is 7.17. The van der Waals surface area contributed by atoms with Crippen LogP contribution in [0.3, 0.4) is 0 Å². The van der Waals surface area contributed by atoms with E-state index < -0.39 is 0 Å². The number of piperazine rings is 1. The number of halogens is 2. The molecule has 0 saturated carbocycles. The number of carbonyl (C=O) groups excluding carboxylic acids is 1.